The highest BCUT2D eigenvalue weighted by Gasteiger charge is 2.11. The minimum atomic E-state index is 0.0239. The number of carbonyl (C=O) groups excluding carboxylic acids is 1. The maximum atomic E-state index is 11.9. The molecule has 0 saturated heterocycles. The number of aromatic amines is 1. The summed E-state index contributed by atoms with van der Waals surface area (Å²) in [6.45, 7) is 4.42. The summed E-state index contributed by atoms with van der Waals surface area (Å²) < 4.78 is 0. The Balaban J connectivity index is 1.94. The van der Waals surface area contributed by atoms with E-state index in [1.807, 2.05) is 46.0 Å². The molecule has 0 radical (unpaired) electrons. The molecule has 98 valence electrons. The molecule has 19 heavy (non-hydrogen) atoms. The molecule has 1 amide bonds. The largest absolute Gasteiger partial charge is 0.352 e. The molecule has 1 heterocycles. The first-order valence-electron chi connectivity index (χ1n) is 6.39. The van der Waals surface area contributed by atoms with E-state index in [4.69, 9.17) is 0 Å². The molecule has 2 rings (SSSR count). The molecule has 0 aliphatic heterocycles. The summed E-state index contributed by atoms with van der Waals surface area (Å²) in [5.41, 5.74) is 5.18. The van der Waals surface area contributed by atoms with Gasteiger partial charge in [0.25, 0.3) is 0 Å². The Morgan fingerprint density at radius 3 is 2.74 bits per heavy atom. The highest BCUT2D eigenvalue weighted by atomic mass is 16.1. The Morgan fingerprint density at radius 1 is 1.37 bits per heavy atom. The summed E-state index contributed by atoms with van der Waals surface area (Å²) in [7, 11) is 2.05. The fraction of sp³-hybridized carbons (Fsp3) is 0.286. The second-order valence-electron chi connectivity index (χ2n) is 4.79. The maximum Gasteiger partial charge on any atom is 0.224 e. The van der Waals surface area contributed by atoms with Crippen molar-refractivity contribution in [2.45, 2.75) is 26.8 Å². The molecule has 0 spiro atoms. The molecule has 0 aliphatic rings. The van der Waals surface area contributed by atoms with E-state index in [2.05, 4.69) is 15.5 Å². The lowest BCUT2D eigenvalue weighted by Crippen LogP contribution is -2.27. The zero-order valence-electron chi connectivity index (χ0n) is 11.6. The molecule has 4 nitrogen and oxygen atoms in total. The fourth-order valence-corrected chi connectivity index (χ4v) is 2.06. The fourth-order valence-electron chi connectivity index (χ4n) is 2.06. The molecule has 1 aromatic heterocycles. The number of benzene rings is 1. The van der Waals surface area contributed by atoms with E-state index >= 15 is 0 Å². The van der Waals surface area contributed by atoms with Crippen LogP contribution in [0.15, 0.2) is 24.3 Å². The number of hydrogen-bond acceptors (Lipinski definition) is 2. The van der Waals surface area contributed by atoms with Crippen LogP contribution in [0.4, 0.5) is 0 Å². The molecule has 2 aromatic rings. The summed E-state index contributed by atoms with van der Waals surface area (Å²) in [5.74, 6) is 0.0239. The van der Waals surface area contributed by atoms with Gasteiger partial charge in [0.15, 0.2) is 0 Å². The monoisotopic (exact) mass is 255 g/mol. The predicted octanol–water partition coefficient (Wildman–Crippen LogP) is 0.144. The number of aryl methyl sites for hydroxylation is 2. The van der Waals surface area contributed by atoms with E-state index in [9.17, 15) is 4.79 Å². The Hall–Kier alpha value is -2.04. The van der Waals surface area contributed by atoms with Gasteiger partial charge in [-0.3, -0.25) is 9.89 Å². The predicted molar refractivity (Wildman–Crippen MR) is 78.2 cm³/mol. The third-order valence-corrected chi connectivity index (χ3v) is 3.36. The lowest BCUT2D eigenvalue weighted by molar-refractivity contribution is -0.120. The van der Waals surface area contributed by atoms with Gasteiger partial charge in [-0.05, 0) is 19.4 Å². The molecular formula is C14H18BN3O. The van der Waals surface area contributed by atoms with Crippen LogP contribution in [-0.2, 0) is 17.8 Å². The van der Waals surface area contributed by atoms with Crippen molar-refractivity contribution in [3.63, 3.8) is 0 Å². The number of carbonyl (C=O) groups is 1. The smallest absolute Gasteiger partial charge is 0.224 e. The summed E-state index contributed by atoms with van der Waals surface area (Å²) in [5, 5.41) is 9.94. The standard InChI is InChI=1S/C14H18BN3O/c1-9-12(10(2)18-17-9)7-14(19)16-8-11-5-3-4-6-13(11)15/h3-6H,7-8,15H2,1-2H3,(H,16,19)(H,17,18). The first-order chi connectivity index (χ1) is 9.08. The van der Waals surface area contributed by atoms with Gasteiger partial charge in [-0.15, -0.1) is 0 Å². The van der Waals surface area contributed by atoms with E-state index < -0.39 is 0 Å². The van der Waals surface area contributed by atoms with E-state index in [-0.39, 0.29) is 5.91 Å². The number of hydrogen-bond donors (Lipinski definition) is 2. The normalized spacial score (nSPS) is 10.4. The number of nitrogens with zero attached hydrogens (tertiary/aromatic N) is 1. The summed E-state index contributed by atoms with van der Waals surface area (Å²) in [4.78, 5) is 11.9. The number of nitrogens with one attached hydrogen (secondary N) is 2. The van der Waals surface area contributed by atoms with Gasteiger partial charge in [0.05, 0.1) is 12.1 Å². The van der Waals surface area contributed by atoms with Crippen LogP contribution < -0.4 is 10.8 Å². The van der Waals surface area contributed by atoms with Crippen molar-refractivity contribution < 1.29 is 4.79 Å². The lowest BCUT2D eigenvalue weighted by Gasteiger charge is -2.08. The van der Waals surface area contributed by atoms with Crippen molar-refractivity contribution in [3.05, 3.63) is 46.8 Å². The van der Waals surface area contributed by atoms with Crippen molar-refractivity contribution in [2.24, 2.45) is 0 Å². The lowest BCUT2D eigenvalue weighted by atomic mass is 9.91. The topological polar surface area (TPSA) is 57.8 Å². The SMILES string of the molecule is Bc1ccccc1CNC(=O)Cc1c(C)n[nH]c1C. The van der Waals surface area contributed by atoms with Gasteiger partial charge in [0, 0.05) is 17.8 Å². The van der Waals surface area contributed by atoms with Gasteiger partial charge in [-0.2, -0.15) is 5.10 Å². The van der Waals surface area contributed by atoms with E-state index in [1.165, 1.54) is 5.46 Å². The second-order valence-corrected chi connectivity index (χ2v) is 4.79. The molecular weight excluding hydrogens is 237 g/mol. The van der Waals surface area contributed by atoms with Gasteiger partial charge in [0.1, 0.15) is 7.85 Å². The van der Waals surface area contributed by atoms with Gasteiger partial charge in [0.2, 0.25) is 5.91 Å². The number of H-pyrrole nitrogens is 1. The molecule has 0 aliphatic carbocycles. The van der Waals surface area contributed by atoms with Crippen molar-refractivity contribution in [2.75, 3.05) is 0 Å². The molecule has 0 atom stereocenters. The van der Waals surface area contributed by atoms with Crippen LogP contribution in [0.3, 0.4) is 0 Å². The van der Waals surface area contributed by atoms with Crippen LogP contribution in [0, 0.1) is 13.8 Å². The number of amides is 1. The van der Waals surface area contributed by atoms with E-state index in [0.29, 0.717) is 13.0 Å². The summed E-state index contributed by atoms with van der Waals surface area (Å²) >= 11 is 0. The highest BCUT2D eigenvalue weighted by molar-refractivity contribution is 6.33. The molecule has 5 heteroatoms. The quantitative estimate of drug-likeness (QED) is 0.764. The average molecular weight is 255 g/mol. The van der Waals surface area contributed by atoms with Crippen molar-refractivity contribution >= 4 is 19.2 Å². The van der Waals surface area contributed by atoms with Crippen LogP contribution >= 0.6 is 0 Å². The van der Waals surface area contributed by atoms with Gasteiger partial charge in [-0.25, -0.2) is 0 Å². The van der Waals surface area contributed by atoms with Gasteiger partial charge >= 0.3 is 0 Å². The first kappa shape index (κ1) is 13.4. The van der Waals surface area contributed by atoms with Crippen LogP contribution in [0.25, 0.3) is 0 Å². The maximum absolute atomic E-state index is 11.9. The zero-order valence-corrected chi connectivity index (χ0v) is 11.6. The first-order valence-corrected chi connectivity index (χ1v) is 6.39. The number of rotatable bonds is 4. The highest BCUT2D eigenvalue weighted by Crippen LogP contribution is 2.09. The van der Waals surface area contributed by atoms with Gasteiger partial charge in [-0.1, -0.05) is 29.7 Å². The second kappa shape index (κ2) is 5.74. The summed E-state index contributed by atoms with van der Waals surface area (Å²) in [6.07, 6.45) is 0.375. The Morgan fingerprint density at radius 2 is 2.11 bits per heavy atom. The third kappa shape index (κ3) is 3.25. The van der Waals surface area contributed by atoms with Crippen LogP contribution in [0.5, 0.6) is 0 Å². The van der Waals surface area contributed by atoms with E-state index in [0.717, 1.165) is 22.5 Å². The Kier molecular flexibility index (Phi) is 4.05. The zero-order chi connectivity index (χ0) is 13.8. The minimum Gasteiger partial charge on any atom is -0.352 e. The molecule has 0 unspecified atom stereocenters. The van der Waals surface area contributed by atoms with Crippen molar-refractivity contribution in [1.82, 2.24) is 15.5 Å². The number of aromatic nitrogens is 2. The molecule has 2 N–H and O–H groups in total. The summed E-state index contributed by atoms with van der Waals surface area (Å²) in [6, 6.07) is 8.06. The van der Waals surface area contributed by atoms with Crippen molar-refractivity contribution in [3.8, 4) is 0 Å². The molecule has 1 aromatic carbocycles. The van der Waals surface area contributed by atoms with Crippen molar-refractivity contribution in [1.29, 1.82) is 0 Å². The Bertz CT molecular complexity index is 573. The third-order valence-electron chi connectivity index (χ3n) is 3.36. The van der Waals surface area contributed by atoms with Crippen LogP contribution in [-0.4, -0.2) is 24.0 Å². The van der Waals surface area contributed by atoms with Gasteiger partial charge < -0.3 is 5.32 Å². The molecule has 0 saturated carbocycles. The van der Waals surface area contributed by atoms with E-state index in [1.54, 1.807) is 0 Å². The Labute approximate surface area is 114 Å². The molecule has 0 fully saturated rings. The van der Waals surface area contributed by atoms with Crippen LogP contribution in [0.1, 0.15) is 22.5 Å². The molecule has 0 bridgehead atoms. The minimum absolute atomic E-state index is 0.0239. The van der Waals surface area contributed by atoms with Crippen LogP contribution in [0.2, 0.25) is 0 Å². The average Bonchev–Trinajstić information content (AvgIpc) is 2.70.